The van der Waals surface area contributed by atoms with Crippen molar-refractivity contribution in [2.24, 2.45) is 5.92 Å². The topological polar surface area (TPSA) is 56.5 Å². The predicted molar refractivity (Wildman–Crippen MR) is 88.2 cm³/mol. The van der Waals surface area contributed by atoms with E-state index < -0.39 is 5.63 Å². The summed E-state index contributed by atoms with van der Waals surface area (Å²) in [5.41, 5.74) is 2.83. The van der Waals surface area contributed by atoms with Crippen LogP contribution in [0, 0.1) is 19.8 Å². The van der Waals surface area contributed by atoms with Gasteiger partial charge in [0, 0.05) is 17.0 Å². The summed E-state index contributed by atoms with van der Waals surface area (Å²) in [7, 11) is 0. The highest BCUT2D eigenvalue weighted by Crippen LogP contribution is 2.24. The van der Waals surface area contributed by atoms with Crippen molar-refractivity contribution in [3.8, 4) is 0 Å². The molecule has 4 nitrogen and oxygen atoms in total. The second-order valence-corrected chi connectivity index (χ2v) is 6.11. The molecule has 2 aromatic rings. The van der Waals surface area contributed by atoms with Crippen molar-refractivity contribution < 1.29 is 13.9 Å². The van der Waals surface area contributed by atoms with Crippen molar-refractivity contribution in [3.63, 3.8) is 0 Å². The Kier molecular flexibility index (Phi) is 4.33. The van der Waals surface area contributed by atoms with Crippen LogP contribution in [0.15, 0.2) is 39.6 Å². The molecule has 0 saturated heterocycles. The third-order valence-electron chi connectivity index (χ3n) is 4.45. The smallest absolute Gasteiger partial charge is 0.336 e. The van der Waals surface area contributed by atoms with Crippen LogP contribution in [0.3, 0.4) is 0 Å². The van der Waals surface area contributed by atoms with E-state index >= 15 is 0 Å². The van der Waals surface area contributed by atoms with Gasteiger partial charge in [-0.1, -0.05) is 24.3 Å². The summed E-state index contributed by atoms with van der Waals surface area (Å²) >= 11 is 0. The van der Waals surface area contributed by atoms with E-state index in [1.807, 2.05) is 26.0 Å². The van der Waals surface area contributed by atoms with Gasteiger partial charge >= 0.3 is 11.6 Å². The van der Waals surface area contributed by atoms with Crippen molar-refractivity contribution in [2.45, 2.75) is 39.7 Å². The summed E-state index contributed by atoms with van der Waals surface area (Å²) in [5.74, 6) is 0.0526. The Hall–Kier alpha value is -2.36. The number of aryl methyl sites for hydroxylation is 2. The van der Waals surface area contributed by atoms with E-state index in [1.54, 1.807) is 0 Å². The molecule has 1 aromatic heterocycles. The molecule has 0 saturated carbocycles. The van der Waals surface area contributed by atoms with Gasteiger partial charge in [-0.05, 0) is 43.7 Å². The zero-order chi connectivity index (χ0) is 16.4. The minimum Gasteiger partial charge on any atom is -0.461 e. The van der Waals surface area contributed by atoms with Crippen molar-refractivity contribution in [1.82, 2.24) is 0 Å². The number of benzene rings is 1. The molecule has 23 heavy (non-hydrogen) atoms. The van der Waals surface area contributed by atoms with E-state index in [9.17, 15) is 9.59 Å². The van der Waals surface area contributed by atoms with E-state index in [1.165, 1.54) is 6.07 Å². The number of fused-ring (bicyclic) bond motifs is 1. The number of hydrogen-bond donors (Lipinski definition) is 0. The van der Waals surface area contributed by atoms with Gasteiger partial charge in [0.2, 0.25) is 0 Å². The molecule has 1 atom stereocenters. The Morgan fingerprint density at radius 2 is 2.17 bits per heavy atom. The molecular weight excluding hydrogens is 292 g/mol. The van der Waals surface area contributed by atoms with Crippen molar-refractivity contribution in [3.05, 3.63) is 57.5 Å². The lowest BCUT2D eigenvalue weighted by Crippen LogP contribution is -2.10. The van der Waals surface area contributed by atoms with E-state index in [0.717, 1.165) is 29.4 Å². The maximum Gasteiger partial charge on any atom is 0.336 e. The molecule has 3 rings (SSSR count). The van der Waals surface area contributed by atoms with Gasteiger partial charge in [-0.25, -0.2) is 4.79 Å². The lowest BCUT2D eigenvalue weighted by molar-refractivity contribution is -0.145. The molecule has 0 unspecified atom stereocenters. The zero-order valence-electron chi connectivity index (χ0n) is 13.4. The zero-order valence-corrected chi connectivity index (χ0v) is 13.4. The minimum atomic E-state index is -0.420. The molecule has 1 aliphatic carbocycles. The van der Waals surface area contributed by atoms with Crippen LogP contribution in [-0.4, -0.2) is 5.97 Å². The average Bonchev–Trinajstić information content (AvgIpc) is 3.02. The Bertz CT molecular complexity index is 829. The van der Waals surface area contributed by atoms with Gasteiger partial charge in [0.05, 0.1) is 6.42 Å². The first-order valence-corrected chi connectivity index (χ1v) is 7.90. The Balaban J connectivity index is 1.79. The summed E-state index contributed by atoms with van der Waals surface area (Å²) < 4.78 is 10.7. The SMILES string of the molecule is Cc1ccc2c(COC(=O)C[C@H]3C=CCC3)cc(=O)oc2c1C. The van der Waals surface area contributed by atoms with Gasteiger partial charge < -0.3 is 9.15 Å². The molecule has 0 N–H and O–H groups in total. The molecule has 0 fully saturated rings. The van der Waals surface area contributed by atoms with Crippen molar-refractivity contribution >= 4 is 16.9 Å². The molecular formula is C19H20O4. The van der Waals surface area contributed by atoms with Gasteiger partial charge in [0.1, 0.15) is 12.2 Å². The van der Waals surface area contributed by atoms with E-state index in [4.69, 9.17) is 9.15 Å². The first-order chi connectivity index (χ1) is 11.0. The molecule has 4 heteroatoms. The summed E-state index contributed by atoms with van der Waals surface area (Å²) in [5, 5.41) is 0.821. The van der Waals surface area contributed by atoms with Crippen LogP contribution >= 0.6 is 0 Å². The molecule has 0 spiro atoms. The van der Waals surface area contributed by atoms with E-state index in [-0.39, 0.29) is 18.5 Å². The average molecular weight is 312 g/mol. The predicted octanol–water partition coefficient (Wildman–Crippen LogP) is 3.81. The summed E-state index contributed by atoms with van der Waals surface area (Å²) in [6.07, 6.45) is 6.60. The summed E-state index contributed by atoms with van der Waals surface area (Å²) in [4.78, 5) is 23.7. The van der Waals surface area contributed by atoms with Crippen LogP contribution in [0.1, 0.15) is 36.0 Å². The van der Waals surface area contributed by atoms with Crippen LogP contribution in [0.5, 0.6) is 0 Å². The molecule has 0 bridgehead atoms. The second-order valence-electron chi connectivity index (χ2n) is 6.11. The molecule has 1 aromatic carbocycles. The maximum absolute atomic E-state index is 12.0. The normalized spacial score (nSPS) is 16.9. The van der Waals surface area contributed by atoms with Gasteiger partial charge in [-0.15, -0.1) is 0 Å². The Labute approximate surface area is 134 Å². The van der Waals surface area contributed by atoms with Gasteiger partial charge in [-0.2, -0.15) is 0 Å². The standard InChI is InChI=1S/C19H20O4/c1-12-7-8-16-15(10-18(21)23-19(16)13(12)2)11-22-17(20)9-14-5-3-4-6-14/h3,5,7-8,10,14H,4,6,9,11H2,1-2H3/t14-/m0/s1. The molecule has 1 heterocycles. The van der Waals surface area contributed by atoms with Crippen LogP contribution in [-0.2, 0) is 16.1 Å². The monoisotopic (exact) mass is 312 g/mol. The molecule has 0 aliphatic heterocycles. The van der Waals surface area contributed by atoms with E-state index in [2.05, 4.69) is 12.2 Å². The first-order valence-electron chi connectivity index (χ1n) is 7.90. The minimum absolute atomic E-state index is 0.0971. The fourth-order valence-corrected chi connectivity index (χ4v) is 2.94. The lowest BCUT2D eigenvalue weighted by Gasteiger charge is -2.11. The Morgan fingerprint density at radius 1 is 1.35 bits per heavy atom. The third-order valence-corrected chi connectivity index (χ3v) is 4.45. The van der Waals surface area contributed by atoms with Crippen molar-refractivity contribution in [2.75, 3.05) is 0 Å². The van der Waals surface area contributed by atoms with Crippen LogP contribution in [0.2, 0.25) is 0 Å². The highest BCUT2D eigenvalue weighted by Gasteiger charge is 2.16. The highest BCUT2D eigenvalue weighted by atomic mass is 16.5. The van der Waals surface area contributed by atoms with E-state index in [0.29, 0.717) is 17.6 Å². The number of esters is 1. The second kappa shape index (κ2) is 6.41. The quantitative estimate of drug-likeness (QED) is 0.489. The fourth-order valence-electron chi connectivity index (χ4n) is 2.94. The van der Waals surface area contributed by atoms with Gasteiger partial charge in [0.25, 0.3) is 0 Å². The number of ether oxygens (including phenoxy) is 1. The number of allylic oxidation sites excluding steroid dienone is 2. The van der Waals surface area contributed by atoms with Gasteiger partial charge in [-0.3, -0.25) is 4.79 Å². The lowest BCUT2D eigenvalue weighted by atomic mass is 10.0. The number of carbonyl (C=O) groups is 1. The number of hydrogen-bond acceptors (Lipinski definition) is 4. The van der Waals surface area contributed by atoms with Crippen LogP contribution < -0.4 is 5.63 Å². The van der Waals surface area contributed by atoms with Gasteiger partial charge in [0.15, 0.2) is 0 Å². The number of rotatable bonds is 4. The van der Waals surface area contributed by atoms with Crippen LogP contribution in [0.25, 0.3) is 11.0 Å². The van der Waals surface area contributed by atoms with Crippen LogP contribution in [0.4, 0.5) is 0 Å². The summed E-state index contributed by atoms with van der Waals surface area (Å²) in [6.45, 7) is 3.99. The van der Waals surface area contributed by atoms with Crippen molar-refractivity contribution in [1.29, 1.82) is 0 Å². The molecule has 120 valence electrons. The fraction of sp³-hybridized carbons (Fsp3) is 0.368. The maximum atomic E-state index is 12.0. The number of carbonyl (C=O) groups excluding carboxylic acids is 1. The molecule has 0 radical (unpaired) electrons. The largest absolute Gasteiger partial charge is 0.461 e. The molecule has 0 amide bonds. The third kappa shape index (κ3) is 3.36. The Morgan fingerprint density at radius 3 is 2.91 bits per heavy atom. The first kappa shape index (κ1) is 15.5. The highest BCUT2D eigenvalue weighted by molar-refractivity contribution is 5.84. The summed E-state index contributed by atoms with van der Waals surface area (Å²) in [6, 6.07) is 5.29. The molecule has 1 aliphatic rings.